The number of hydrogen-bond acceptors (Lipinski definition) is 5. The summed E-state index contributed by atoms with van der Waals surface area (Å²) in [6, 6.07) is 28.0. The van der Waals surface area contributed by atoms with E-state index in [-0.39, 0.29) is 0 Å². The Balaban J connectivity index is 1.61. The maximum Gasteiger partial charge on any atom is 0.344 e. The van der Waals surface area contributed by atoms with Gasteiger partial charge in [-0.05, 0) is 52.2 Å². The normalized spacial score (nSPS) is 11.3. The van der Waals surface area contributed by atoms with E-state index in [2.05, 4.69) is 0 Å². The molecule has 164 valence electrons. The molecule has 4 aromatic carbocycles. The molecule has 34 heavy (non-hydrogen) atoms. The molecule has 0 spiro atoms. The summed E-state index contributed by atoms with van der Waals surface area (Å²) in [5.41, 5.74) is 2.80. The number of hydrogen-bond donors (Lipinski definition) is 0. The Morgan fingerprint density at radius 2 is 1.47 bits per heavy atom. The fourth-order valence-electron chi connectivity index (χ4n) is 4.43. The lowest BCUT2D eigenvalue weighted by Gasteiger charge is -2.11. The molecular weight excluding hydrogens is 428 g/mol. The smallest absolute Gasteiger partial charge is 0.344 e. The SMILES string of the molecule is COc1ccc2cc(-c3ccc4oc(=O)cc(-c5cccc6ccccc56)c4c3)c(=O)oc2c1. The van der Waals surface area contributed by atoms with Crippen LogP contribution in [0.2, 0.25) is 0 Å². The van der Waals surface area contributed by atoms with Crippen molar-refractivity contribution in [1.82, 2.24) is 0 Å². The molecule has 0 amide bonds. The van der Waals surface area contributed by atoms with E-state index in [1.165, 1.54) is 6.07 Å². The van der Waals surface area contributed by atoms with Crippen LogP contribution in [0.15, 0.2) is 109 Å². The van der Waals surface area contributed by atoms with Crippen LogP contribution in [0.5, 0.6) is 5.75 Å². The predicted octanol–water partition coefficient (Wildman–Crippen LogP) is 6.40. The van der Waals surface area contributed by atoms with Crippen molar-refractivity contribution in [3.8, 4) is 28.0 Å². The van der Waals surface area contributed by atoms with Crippen molar-refractivity contribution in [2.45, 2.75) is 0 Å². The van der Waals surface area contributed by atoms with E-state index < -0.39 is 11.3 Å². The highest BCUT2D eigenvalue weighted by molar-refractivity contribution is 6.05. The van der Waals surface area contributed by atoms with Crippen molar-refractivity contribution in [1.29, 1.82) is 0 Å². The first-order valence-corrected chi connectivity index (χ1v) is 10.8. The summed E-state index contributed by atoms with van der Waals surface area (Å²) >= 11 is 0. The summed E-state index contributed by atoms with van der Waals surface area (Å²) in [7, 11) is 1.56. The number of fused-ring (bicyclic) bond motifs is 3. The number of methoxy groups -OCH3 is 1. The fraction of sp³-hybridized carbons (Fsp3) is 0.0345. The second-order valence-electron chi connectivity index (χ2n) is 8.07. The topological polar surface area (TPSA) is 69.7 Å². The first-order chi connectivity index (χ1) is 16.6. The van der Waals surface area contributed by atoms with Gasteiger partial charge >= 0.3 is 11.3 Å². The van der Waals surface area contributed by atoms with Gasteiger partial charge < -0.3 is 13.6 Å². The molecule has 0 atom stereocenters. The third-order valence-corrected chi connectivity index (χ3v) is 6.08. The minimum Gasteiger partial charge on any atom is -0.497 e. The standard InChI is InChI=1S/C29H18O5/c1-32-20-11-9-19-14-23(29(31)34-27(19)15-20)18-10-12-26-25(13-18)24(16-28(30)33-26)22-8-4-6-17-5-2-3-7-21(17)22/h2-16H,1H3. The van der Waals surface area contributed by atoms with Crippen molar-refractivity contribution in [3.63, 3.8) is 0 Å². The zero-order valence-corrected chi connectivity index (χ0v) is 18.2. The first-order valence-electron chi connectivity index (χ1n) is 10.8. The van der Waals surface area contributed by atoms with E-state index in [9.17, 15) is 9.59 Å². The molecule has 2 aromatic heterocycles. The molecule has 6 rings (SSSR count). The van der Waals surface area contributed by atoms with Gasteiger partial charge in [-0.15, -0.1) is 0 Å². The molecule has 0 bridgehead atoms. The summed E-state index contributed by atoms with van der Waals surface area (Å²) in [6.45, 7) is 0. The lowest BCUT2D eigenvalue weighted by atomic mass is 9.94. The van der Waals surface area contributed by atoms with E-state index >= 15 is 0 Å². The molecule has 6 aromatic rings. The van der Waals surface area contributed by atoms with Crippen molar-refractivity contribution in [3.05, 3.63) is 112 Å². The van der Waals surface area contributed by atoms with Gasteiger partial charge in [-0.25, -0.2) is 9.59 Å². The van der Waals surface area contributed by atoms with Crippen LogP contribution in [0.3, 0.4) is 0 Å². The molecule has 0 fully saturated rings. The van der Waals surface area contributed by atoms with Crippen LogP contribution in [0.25, 0.3) is 55.0 Å². The molecule has 0 aliphatic carbocycles. The lowest BCUT2D eigenvalue weighted by molar-refractivity contribution is 0.414. The van der Waals surface area contributed by atoms with Gasteiger partial charge in [0.05, 0.1) is 12.7 Å². The highest BCUT2D eigenvalue weighted by atomic mass is 16.5. The number of rotatable bonds is 3. The van der Waals surface area contributed by atoms with Crippen molar-refractivity contribution in [2.75, 3.05) is 7.11 Å². The second kappa shape index (κ2) is 7.74. The van der Waals surface area contributed by atoms with Gasteiger partial charge in [-0.3, -0.25) is 0 Å². The Morgan fingerprint density at radius 1 is 0.618 bits per heavy atom. The molecule has 0 aliphatic heterocycles. The Morgan fingerprint density at radius 3 is 2.35 bits per heavy atom. The summed E-state index contributed by atoms with van der Waals surface area (Å²) in [4.78, 5) is 25.3. The van der Waals surface area contributed by atoms with Crippen LogP contribution in [-0.4, -0.2) is 7.11 Å². The van der Waals surface area contributed by atoms with Gasteiger partial charge in [0.25, 0.3) is 0 Å². The Kier molecular flexibility index (Phi) is 4.56. The molecule has 0 saturated carbocycles. The molecule has 2 heterocycles. The van der Waals surface area contributed by atoms with Gasteiger partial charge in [0.1, 0.15) is 16.9 Å². The Labute approximate surface area is 193 Å². The zero-order valence-electron chi connectivity index (χ0n) is 18.2. The number of ether oxygens (including phenoxy) is 1. The fourth-order valence-corrected chi connectivity index (χ4v) is 4.43. The van der Waals surface area contributed by atoms with Crippen LogP contribution in [0.1, 0.15) is 0 Å². The largest absolute Gasteiger partial charge is 0.497 e. The zero-order chi connectivity index (χ0) is 23.2. The van der Waals surface area contributed by atoms with Gasteiger partial charge in [-0.2, -0.15) is 0 Å². The summed E-state index contributed by atoms with van der Waals surface area (Å²) in [5.74, 6) is 0.615. The van der Waals surface area contributed by atoms with Gasteiger partial charge in [0, 0.05) is 28.5 Å². The predicted molar refractivity (Wildman–Crippen MR) is 133 cm³/mol. The molecule has 5 heteroatoms. The lowest BCUT2D eigenvalue weighted by Crippen LogP contribution is -2.03. The van der Waals surface area contributed by atoms with E-state index in [1.807, 2.05) is 60.7 Å². The molecule has 5 nitrogen and oxygen atoms in total. The second-order valence-corrected chi connectivity index (χ2v) is 8.07. The van der Waals surface area contributed by atoms with Crippen LogP contribution < -0.4 is 16.0 Å². The van der Waals surface area contributed by atoms with Gasteiger partial charge in [0.15, 0.2) is 0 Å². The Bertz CT molecular complexity index is 1840. The van der Waals surface area contributed by atoms with E-state index in [0.717, 1.165) is 32.7 Å². The number of benzene rings is 4. The van der Waals surface area contributed by atoms with Crippen LogP contribution >= 0.6 is 0 Å². The van der Waals surface area contributed by atoms with Crippen LogP contribution in [0.4, 0.5) is 0 Å². The molecular formula is C29H18O5. The molecule has 0 N–H and O–H groups in total. The maximum atomic E-state index is 12.9. The summed E-state index contributed by atoms with van der Waals surface area (Å²) < 4.78 is 16.3. The van der Waals surface area contributed by atoms with Gasteiger partial charge in [0.2, 0.25) is 0 Å². The quantitative estimate of drug-likeness (QED) is 0.294. The monoisotopic (exact) mass is 446 g/mol. The van der Waals surface area contributed by atoms with Crippen LogP contribution in [0, 0.1) is 0 Å². The highest BCUT2D eigenvalue weighted by Crippen LogP contribution is 2.35. The Hall–Kier alpha value is -4.64. The van der Waals surface area contributed by atoms with Crippen molar-refractivity contribution >= 4 is 32.7 Å². The molecule has 0 aliphatic rings. The summed E-state index contributed by atoms with van der Waals surface area (Å²) in [5, 5.41) is 3.62. The van der Waals surface area contributed by atoms with Crippen molar-refractivity contribution < 1.29 is 13.6 Å². The maximum absolute atomic E-state index is 12.9. The minimum atomic E-state index is -0.454. The van der Waals surface area contributed by atoms with Crippen molar-refractivity contribution in [2.24, 2.45) is 0 Å². The highest BCUT2D eigenvalue weighted by Gasteiger charge is 2.14. The molecule has 0 unspecified atom stereocenters. The van der Waals surface area contributed by atoms with E-state index in [0.29, 0.717) is 28.0 Å². The van der Waals surface area contributed by atoms with Gasteiger partial charge in [-0.1, -0.05) is 48.5 Å². The molecule has 0 radical (unpaired) electrons. The van der Waals surface area contributed by atoms with Crippen LogP contribution in [-0.2, 0) is 0 Å². The average molecular weight is 446 g/mol. The third-order valence-electron chi connectivity index (χ3n) is 6.08. The summed E-state index contributed by atoms with van der Waals surface area (Å²) in [6.07, 6.45) is 0. The molecule has 0 saturated heterocycles. The van der Waals surface area contributed by atoms with E-state index in [1.54, 1.807) is 31.4 Å². The minimum absolute atomic E-state index is 0.426. The average Bonchev–Trinajstić information content (AvgIpc) is 2.87. The first kappa shape index (κ1) is 20.0. The van der Waals surface area contributed by atoms with E-state index in [4.69, 9.17) is 13.6 Å². The third kappa shape index (κ3) is 3.26.